The van der Waals surface area contributed by atoms with Gasteiger partial charge in [-0.3, -0.25) is 4.79 Å². The third-order valence-corrected chi connectivity index (χ3v) is 3.21. The Morgan fingerprint density at radius 2 is 1.90 bits per heavy atom. The second kappa shape index (κ2) is 8.32. The van der Waals surface area contributed by atoms with Crippen LogP contribution >= 0.6 is 11.6 Å². The number of hydrogen-bond donors (Lipinski definition) is 1. The Hall–Kier alpha value is -2.00. The van der Waals surface area contributed by atoms with E-state index in [9.17, 15) is 4.79 Å². The second-order valence-electron chi connectivity index (χ2n) is 4.64. The van der Waals surface area contributed by atoms with Crippen LogP contribution in [0.5, 0.6) is 5.75 Å². The minimum Gasteiger partial charge on any atom is -0.492 e. The van der Waals surface area contributed by atoms with Crippen molar-refractivity contribution in [2.24, 2.45) is 0 Å². The Kier molecular flexibility index (Phi) is 6.10. The first-order chi connectivity index (χ1) is 10.2. The first-order valence-electron chi connectivity index (χ1n) is 6.93. The van der Waals surface area contributed by atoms with Crippen molar-refractivity contribution in [1.29, 1.82) is 0 Å². The number of carbonyl (C=O) groups excluding carboxylic acids is 1. The average molecular weight is 304 g/mol. The van der Waals surface area contributed by atoms with Gasteiger partial charge in [0.2, 0.25) is 5.91 Å². The summed E-state index contributed by atoms with van der Waals surface area (Å²) in [6, 6.07) is 17.2. The third kappa shape index (κ3) is 5.88. The van der Waals surface area contributed by atoms with E-state index in [1.54, 1.807) is 12.1 Å². The van der Waals surface area contributed by atoms with Crippen molar-refractivity contribution >= 4 is 17.5 Å². The molecule has 0 aromatic heterocycles. The highest BCUT2D eigenvalue weighted by Crippen LogP contribution is 2.16. The van der Waals surface area contributed by atoms with Crippen molar-refractivity contribution in [3.05, 3.63) is 65.2 Å². The smallest absolute Gasteiger partial charge is 0.220 e. The van der Waals surface area contributed by atoms with E-state index in [0.29, 0.717) is 30.3 Å². The minimum atomic E-state index is 0.0357. The zero-order valence-electron chi connectivity index (χ0n) is 11.7. The SMILES string of the molecule is O=C(CCc1ccccc1)NCCOc1cccc(Cl)c1. The van der Waals surface area contributed by atoms with Crippen LogP contribution in [0.25, 0.3) is 0 Å². The molecule has 2 rings (SSSR count). The number of halogens is 1. The first kappa shape index (κ1) is 15.4. The van der Waals surface area contributed by atoms with Gasteiger partial charge in [-0.25, -0.2) is 0 Å². The van der Waals surface area contributed by atoms with E-state index in [1.165, 1.54) is 5.56 Å². The van der Waals surface area contributed by atoms with Crippen LogP contribution < -0.4 is 10.1 Å². The van der Waals surface area contributed by atoms with E-state index in [-0.39, 0.29) is 5.91 Å². The average Bonchev–Trinajstić information content (AvgIpc) is 2.51. The maximum absolute atomic E-state index is 11.7. The van der Waals surface area contributed by atoms with Crippen LogP contribution in [0.2, 0.25) is 5.02 Å². The summed E-state index contributed by atoms with van der Waals surface area (Å²) in [5, 5.41) is 3.48. The van der Waals surface area contributed by atoms with Crippen molar-refractivity contribution in [1.82, 2.24) is 5.32 Å². The molecule has 21 heavy (non-hydrogen) atoms. The van der Waals surface area contributed by atoms with Gasteiger partial charge in [-0.1, -0.05) is 48.0 Å². The normalized spacial score (nSPS) is 10.1. The number of aryl methyl sites for hydroxylation is 1. The summed E-state index contributed by atoms with van der Waals surface area (Å²) < 4.78 is 5.50. The summed E-state index contributed by atoms with van der Waals surface area (Å²) in [5.74, 6) is 0.745. The molecule has 2 aromatic carbocycles. The van der Waals surface area contributed by atoms with Crippen LogP contribution in [0.15, 0.2) is 54.6 Å². The van der Waals surface area contributed by atoms with Gasteiger partial charge >= 0.3 is 0 Å². The predicted octanol–water partition coefficient (Wildman–Crippen LogP) is 3.47. The maximum Gasteiger partial charge on any atom is 0.220 e. The maximum atomic E-state index is 11.7. The fourth-order valence-electron chi connectivity index (χ4n) is 1.91. The molecule has 3 nitrogen and oxygen atoms in total. The van der Waals surface area contributed by atoms with Crippen molar-refractivity contribution in [2.45, 2.75) is 12.8 Å². The summed E-state index contributed by atoms with van der Waals surface area (Å²) in [5.41, 5.74) is 1.17. The largest absolute Gasteiger partial charge is 0.492 e. The fourth-order valence-corrected chi connectivity index (χ4v) is 2.09. The summed E-state index contributed by atoms with van der Waals surface area (Å²) in [6.07, 6.45) is 1.24. The molecule has 4 heteroatoms. The predicted molar refractivity (Wildman–Crippen MR) is 84.7 cm³/mol. The summed E-state index contributed by atoms with van der Waals surface area (Å²) >= 11 is 5.86. The van der Waals surface area contributed by atoms with Crippen molar-refractivity contribution in [3.8, 4) is 5.75 Å². The van der Waals surface area contributed by atoms with Gasteiger partial charge in [0.1, 0.15) is 12.4 Å². The lowest BCUT2D eigenvalue weighted by Crippen LogP contribution is -2.28. The van der Waals surface area contributed by atoms with Crippen LogP contribution in [-0.2, 0) is 11.2 Å². The van der Waals surface area contributed by atoms with Gasteiger partial charge < -0.3 is 10.1 Å². The van der Waals surface area contributed by atoms with Crippen molar-refractivity contribution in [2.75, 3.05) is 13.2 Å². The lowest BCUT2D eigenvalue weighted by molar-refractivity contribution is -0.121. The van der Waals surface area contributed by atoms with Crippen LogP contribution in [0.4, 0.5) is 0 Å². The number of carbonyl (C=O) groups is 1. The van der Waals surface area contributed by atoms with E-state index in [1.807, 2.05) is 42.5 Å². The molecule has 2 aromatic rings. The van der Waals surface area contributed by atoms with E-state index in [2.05, 4.69) is 5.32 Å². The Morgan fingerprint density at radius 3 is 2.67 bits per heavy atom. The summed E-state index contributed by atoms with van der Waals surface area (Å²) in [7, 11) is 0. The highest BCUT2D eigenvalue weighted by Gasteiger charge is 2.02. The molecule has 1 amide bonds. The molecule has 0 heterocycles. The Bertz CT molecular complexity index is 572. The topological polar surface area (TPSA) is 38.3 Å². The quantitative estimate of drug-likeness (QED) is 0.795. The number of benzene rings is 2. The standard InChI is InChI=1S/C17H18ClNO2/c18-15-7-4-8-16(13-15)21-12-11-19-17(20)10-9-14-5-2-1-3-6-14/h1-8,13H,9-12H2,(H,19,20). The minimum absolute atomic E-state index is 0.0357. The van der Waals surface area contributed by atoms with Gasteiger partial charge in [-0.2, -0.15) is 0 Å². The molecule has 0 radical (unpaired) electrons. The van der Waals surface area contributed by atoms with Crippen LogP contribution in [0, 0.1) is 0 Å². The second-order valence-corrected chi connectivity index (χ2v) is 5.08. The zero-order valence-corrected chi connectivity index (χ0v) is 12.5. The fraction of sp³-hybridized carbons (Fsp3) is 0.235. The highest BCUT2D eigenvalue weighted by atomic mass is 35.5. The zero-order chi connectivity index (χ0) is 14.9. The Labute approximate surface area is 129 Å². The number of amides is 1. The summed E-state index contributed by atoms with van der Waals surface area (Å²) in [6.45, 7) is 0.914. The molecule has 0 aliphatic carbocycles. The molecule has 0 saturated heterocycles. The highest BCUT2D eigenvalue weighted by molar-refractivity contribution is 6.30. The van der Waals surface area contributed by atoms with Crippen LogP contribution in [0.1, 0.15) is 12.0 Å². The molecular weight excluding hydrogens is 286 g/mol. The van der Waals surface area contributed by atoms with E-state index in [4.69, 9.17) is 16.3 Å². The summed E-state index contributed by atoms with van der Waals surface area (Å²) in [4.78, 5) is 11.7. The molecule has 1 N–H and O–H groups in total. The molecule has 0 aliphatic rings. The first-order valence-corrected chi connectivity index (χ1v) is 7.31. The molecule has 0 spiro atoms. The molecule has 0 bridgehead atoms. The molecule has 0 unspecified atom stereocenters. The van der Waals surface area contributed by atoms with Crippen LogP contribution in [0.3, 0.4) is 0 Å². The van der Waals surface area contributed by atoms with Gasteiger partial charge in [0, 0.05) is 11.4 Å². The monoisotopic (exact) mass is 303 g/mol. The van der Waals surface area contributed by atoms with E-state index >= 15 is 0 Å². The molecule has 0 aliphatic heterocycles. The van der Waals surface area contributed by atoms with Crippen LogP contribution in [-0.4, -0.2) is 19.1 Å². The lowest BCUT2D eigenvalue weighted by atomic mass is 10.1. The molecular formula is C17H18ClNO2. The van der Waals surface area contributed by atoms with E-state index in [0.717, 1.165) is 6.42 Å². The Morgan fingerprint density at radius 1 is 1.10 bits per heavy atom. The number of rotatable bonds is 7. The van der Waals surface area contributed by atoms with Gasteiger partial charge in [0.25, 0.3) is 0 Å². The van der Waals surface area contributed by atoms with Gasteiger partial charge in [0.05, 0.1) is 6.54 Å². The molecule has 0 fully saturated rings. The Balaban J connectivity index is 1.61. The van der Waals surface area contributed by atoms with Crippen molar-refractivity contribution < 1.29 is 9.53 Å². The van der Waals surface area contributed by atoms with E-state index < -0.39 is 0 Å². The van der Waals surface area contributed by atoms with Gasteiger partial charge in [-0.15, -0.1) is 0 Å². The molecule has 0 saturated carbocycles. The van der Waals surface area contributed by atoms with Gasteiger partial charge in [-0.05, 0) is 30.2 Å². The third-order valence-electron chi connectivity index (χ3n) is 2.97. The van der Waals surface area contributed by atoms with Crippen molar-refractivity contribution in [3.63, 3.8) is 0 Å². The molecule has 0 atom stereocenters. The van der Waals surface area contributed by atoms with Gasteiger partial charge in [0.15, 0.2) is 0 Å². The number of nitrogens with one attached hydrogen (secondary N) is 1. The number of hydrogen-bond acceptors (Lipinski definition) is 2. The number of ether oxygens (including phenoxy) is 1. The molecule has 110 valence electrons. The lowest BCUT2D eigenvalue weighted by Gasteiger charge is -2.08.